The zero-order valence-corrected chi connectivity index (χ0v) is 10.9. The quantitative estimate of drug-likeness (QED) is 0.546. The van der Waals surface area contributed by atoms with Crippen LogP contribution in [0, 0.1) is 0 Å². The summed E-state index contributed by atoms with van der Waals surface area (Å²) >= 11 is 0. The minimum Gasteiger partial charge on any atom is -0.489 e. The Morgan fingerprint density at radius 3 is 2.33 bits per heavy atom. The van der Waals surface area contributed by atoms with Crippen LogP contribution in [0.15, 0.2) is 42.5 Å². The first-order valence-corrected chi connectivity index (χ1v) is 5.66. The summed E-state index contributed by atoms with van der Waals surface area (Å²) < 4.78 is 11.0. The van der Waals surface area contributed by atoms with Crippen LogP contribution in [0.4, 0.5) is 0 Å². The van der Waals surface area contributed by atoms with E-state index in [9.17, 15) is 4.79 Å². The fourth-order valence-electron chi connectivity index (χ4n) is 1.23. The highest BCUT2D eigenvalue weighted by Crippen LogP contribution is 2.24. The topological polar surface area (TPSA) is 35.5 Å². The molecule has 0 aliphatic carbocycles. The van der Waals surface area contributed by atoms with E-state index in [0.29, 0.717) is 30.3 Å². The van der Waals surface area contributed by atoms with Gasteiger partial charge >= 0.3 is 0 Å². The average molecular weight is 246 g/mol. The van der Waals surface area contributed by atoms with Crippen LogP contribution in [0.25, 0.3) is 0 Å². The molecule has 0 heterocycles. The molecule has 18 heavy (non-hydrogen) atoms. The van der Waals surface area contributed by atoms with Crippen LogP contribution in [0.5, 0.6) is 11.5 Å². The van der Waals surface area contributed by atoms with Gasteiger partial charge in [-0.3, -0.25) is 4.79 Å². The standard InChI is InChI=1S/C15H18O3/c1-11(2)9-17-14-6-5-13(8-16)15(7-14)18-10-12(3)4/h5-8H,1,3,9-10H2,2,4H3. The minimum atomic E-state index is 0.380. The second-order valence-electron chi connectivity index (χ2n) is 4.31. The molecule has 0 spiro atoms. The van der Waals surface area contributed by atoms with Crippen LogP contribution >= 0.6 is 0 Å². The molecule has 0 aliphatic heterocycles. The molecule has 1 aromatic rings. The first-order valence-electron chi connectivity index (χ1n) is 5.66. The Bertz CT molecular complexity index is 461. The maximum atomic E-state index is 10.9. The van der Waals surface area contributed by atoms with E-state index in [-0.39, 0.29) is 0 Å². The number of aldehydes is 1. The maximum absolute atomic E-state index is 10.9. The lowest BCUT2D eigenvalue weighted by Crippen LogP contribution is -2.02. The summed E-state index contributed by atoms with van der Waals surface area (Å²) in [5.41, 5.74) is 2.32. The van der Waals surface area contributed by atoms with Crippen LogP contribution in [0.3, 0.4) is 0 Å². The molecule has 0 aromatic heterocycles. The summed E-state index contributed by atoms with van der Waals surface area (Å²) in [5.74, 6) is 1.16. The molecule has 3 heteroatoms. The predicted molar refractivity (Wildman–Crippen MR) is 72.4 cm³/mol. The van der Waals surface area contributed by atoms with Crippen LogP contribution in [-0.4, -0.2) is 19.5 Å². The Morgan fingerprint density at radius 1 is 1.17 bits per heavy atom. The summed E-state index contributed by atoms with van der Waals surface area (Å²) in [7, 11) is 0. The zero-order chi connectivity index (χ0) is 13.5. The van der Waals surface area contributed by atoms with E-state index >= 15 is 0 Å². The molecule has 0 atom stereocenters. The van der Waals surface area contributed by atoms with Crippen molar-refractivity contribution < 1.29 is 14.3 Å². The highest BCUT2D eigenvalue weighted by Gasteiger charge is 2.05. The van der Waals surface area contributed by atoms with Gasteiger partial charge in [-0.05, 0) is 37.1 Å². The van der Waals surface area contributed by atoms with Gasteiger partial charge in [-0.1, -0.05) is 13.2 Å². The van der Waals surface area contributed by atoms with Crippen molar-refractivity contribution in [3.63, 3.8) is 0 Å². The van der Waals surface area contributed by atoms with E-state index in [1.165, 1.54) is 0 Å². The second kappa shape index (κ2) is 6.64. The van der Waals surface area contributed by atoms with Gasteiger partial charge < -0.3 is 9.47 Å². The third-order valence-electron chi connectivity index (χ3n) is 2.07. The van der Waals surface area contributed by atoms with Gasteiger partial charge in [0.1, 0.15) is 24.7 Å². The third-order valence-corrected chi connectivity index (χ3v) is 2.07. The molecule has 0 unspecified atom stereocenters. The first kappa shape index (κ1) is 14.0. The smallest absolute Gasteiger partial charge is 0.153 e. The van der Waals surface area contributed by atoms with Crippen molar-refractivity contribution in [1.29, 1.82) is 0 Å². The van der Waals surface area contributed by atoms with E-state index in [1.807, 2.05) is 13.8 Å². The van der Waals surface area contributed by atoms with Gasteiger partial charge in [0, 0.05) is 6.07 Å². The van der Waals surface area contributed by atoms with Crippen LogP contribution < -0.4 is 9.47 Å². The van der Waals surface area contributed by atoms with Crippen molar-refractivity contribution in [1.82, 2.24) is 0 Å². The highest BCUT2D eigenvalue weighted by molar-refractivity contribution is 5.79. The van der Waals surface area contributed by atoms with E-state index in [1.54, 1.807) is 18.2 Å². The summed E-state index contributed by atoms with van der Waals surface area (Å²) in [6, 6.07) is 5.12. The molecular weight excluding hydrogens is 228 g/mol. The lowest BCUT2D eigenvalue weighted by molar-refractivity contribution is 0.112. The van der Waals surface area contributed by atoms with E-state index in [4.69, 9.17) is 9.47 Å². The SMILES string of the molecule is C=C(C)COc1ccc(C=O)c(OCC(=C)C)c1. The molecule has 96 valence electrons. The van der Waals surface area contributed by atoms with Crippen LogP contribution in [-0.2, 0) is 0 Å². The fraction of sp³-hybridized carbons (Fsp3) is 0.267. The Morgan fingerprint density at radius 2 is 1.78 bits per heavy atom. The molecule has 0 bridgehead atoms. The summed E-state index contributed by atoms with van der Waals surface area (Å²) in [6.07, 6.45) is 0.760. The van der Waals surface area contributed by atoms with E-state index in [2.05, 4.69) is 13.2 Å². The molecule has 3 nitrogen and oxygen atoms in total. The van der Waals surface area contributed by atoms with Gasteiger partial charge in [-0.15, -0.1) is 0 Å². The molecule has 1 rings (SSSR count). The largest absolute Gasteiger partial charge is 0.489 e. The molecule has 1 aromatic carbocycles. The molecule has 0 fully saturated rings. The van der Waals surface area contributed by atoms with Crippen molar-refractivity contribution in [2.45, 2.75) is 13.8 Å². The number of hydrogen-bond donors (Lipinski definition) is 0. The van der Waals surface area contributed by atoms with Gasteiger partial charge in [0.15, 0.2) is 6.29 Å². The summed E-state index contributed by atoms with van der Waals surface area (Å²) in [6.45, 7) is 12.1. The van der Waals surface area contributed by atoms with Crippen LogP contribution in [0.1, 0.15) is 24.2 Å². The lowest BCUT2D eigenvalue weighted by atomic mass is 10.2. The third kappa shape index (κ3) is 4.45. The normalized spacial score (nSPS) is 9.67. The Hall–Kier alpha value is -2.03. The van der Waals surface area contributed by atoms with Crippen molar-refractivity contribution in [3.05, 3.63) is 48.1 Å². The van der Waals surface area contributed by atoms with Gasteiger partial charge in [0.05, 0.1) is 5.56 Å². The van der Waals surface area contributed by atoms with Crippen molar-refractivity contribution in [2.75, 3.05) is 13.2 Å². The zero-order valence-electron chi connectivity index (χ0n) is 10.9. The lowest BCUT2D eigenvalue weighted by Gasteiger charge is -2.11. The molecule has 0 saturated heterocycles. The number of carbonyl (C=O) groups excluding carboxylic acids is 1. The van der Waals surface area contributed by atoms with E-state index < -0.39 is 0 Å². The monoisotopic (exact) mass is 246 g/mol. The Balaban J connectivity index is 2.83. The summed E-state index contributed by atoms with van der Waals surface area (Å²) in [4.78, 5) is 10.9. The van der Waals surface area contributed by atoms with E-state index in [0.717, 1.165) is 17.4 Å². The molecule has 0 aliphatic rings. The van der Waals surface area contributed by atoms with Crippen molar-refractivity contribution in [2.24, 2.45) is 0 Å². The molecular formula is C15H18O3. The van der Waals surface area contributed by atoms with Crippen molar-refractivity contribution in [3.8, 4) is 11.5 Å². The Labute approximate surface area is 108 Å². The number of ether oxygens (including phenoxy) is 2. The van der Waals surface area contributed by atoms with Gasteiger partial charge in [0.2, 0.25) is 0 Å². The molecule has 0 N–H and O–H groups in total. The molecule has 0 saturated carbocycles. The molecule has 0 amide bonds. The first-order chi connectivity index (χ1) is 8.52. The van der Waals surface area contributed by atoms with Crippen LogP contribution in [0.2, 0.25) is 0 Å². The highest BCUT2D eigenvalue weighted by atomic mass is 16.5. The second-order valence-corrected chi connectivity index (χ2v) is 4.31. The Kier molecular flexibility index (Phi) is 5.18. The maximum Gasteiger partial charge on any atom is 0.153 e. The fourth-order valence-corrected chi connectivity index (χ4v) is 1.23. The average Bonchev–Trinajstić information content (AvgIpc) is 2.33. The van der Waals surface area contributed by atoms with Crippen molar-refractivity contribution >= 4 is 6.29 Å². The number of benzene rings is 1. The molecule has 0 radical (unpaired) electrons. The van der Waals surface area contributed by atoms with Gasteiger partial charge in [0.25, 0.3) is 0 Å². The predicted octanol–water partition coefficient (Wildman–Crippen LogP) is 3.41. The number of carbonyl (C=O) groups is 1. The number of hydrogen-bond acceptors (Lipinski definition) is 3. The minimum absolute atomic E-state index is 0.380. The number of rotatable bonds is 7. The summed E-state index contributed by atoms with van der Waals surface area (Å²) in [5, 5.41) is 0. The van der Waals surface area contributed by atoms with Gasteiger partial charge in [-0.25, -0.2) is 0 Å². The van der Waals surface area contributed by atoms with Gasteiger partial charge in [-0.2, -0.15) is 0 Å².